The van der Waals surface area contributed by atoms with Crippen molar-refractivity contribution in [3.05, 3.63) is 47.1 Å². The van der Waals surface area contributed by atoms with Crippen molar-refractivity contribution in [1.82, 2.24) is 5.01 Å². The molecule has 0 fully saturated rings. The molecule has 1 N–H and O–H groups in total. The number of amides is 3. The highest BCUT2D eigenvalue weighted by molar-refractivity contribution is 9.10. The molecule has 0 saturated heterocycles. The summed E-state index contributed by atoms with van der Waals surface area (Å²) < 4.78 is 64.2. The Hall–Kier alpha value is -2.98. The average molecular weight is 517 g/mol. The number of nitrogens with one attached hydrogen (secondary N) is 1. The van der Waals surface area contributed by atoms with Crippen LogP contribution in [0.15, 0.2) is 51.4 Å². The highest BCUT2D eigenvalue weighted by Gasteiger charge is 2.42. The molecular weight excluding hydrogens is 505 g/mol. The summed E-state index contributed by atoms with van der Waals surface area (Å²) in [4.78, 5) is 27.5. The summed E-state index contributed by atoms with van der Waals surface area (Å²) >= 11 is 2.96. The number of rotatable bonds is 4. The van der Waals surface area contributed by atoms with E-state index in [2.05, 4.69) is 26.3 Å². The zero-order valence-electron chi connectivity index (χ0n) is 15.6. The molecule has 3 rings (SSSR count). The van der Waals surface area contributed by atoms with Crippen LogP contribution in [0.4, 0.5) is 23.7 Å². The van der Waals surface area contributed by atoms with Gasteiger partial charge in [0, 0.05) is 0 Å². The Morgan fingerprint density at radius 1 is 1.32 bits per heavy atom. The molecule has 13 heteroatoms. The Bertz CT molecular complexity index is 1230. The number of nitrogens with zero attached hydrogens (tertiary/aromatic N) is 3. The fourth-order valence-electron chi connectivity index (χ4n) is 2.83. The largest absolute Gasteiger partial charge is 0.416 e. The lowest BCUT2D eigenvalue weighted by Crippen LogP contribution is -2.48. The molecule has 3 amide bonds. The van der Waals surface area contributed by atoms with Crippen molar-refractivity contribution in [2.24, 2.45) is 4.99 Å². The van der Waals surface area contributed by atoms with Crippen molar-refractivity contribution in [3.63, 3.8) is 0 Å². The van der Waals surface area contributed by atoms with E-state index in [9.17, 15) is 31.2 Å². The van der Waals surface area contributed by atoms with Crippen LogP contribution in [0.2, 0.25) is 0 Å². The number of anilines is 1. The van der Waals surface area contributed by atoms with Crippen LogP contribution in [0, 0.1) is 11.3 Å². The van der Waals surface area contributed by atoms with Crippen molar-refractivity contribution in [1.29, 1.82) is 5.26 Å². The summed E-state index contributed by atoms with van der Waals surface area (Å²) in [5.74, 6) is -1.47. The third-order valence-corrected chi connectivity index (χ3v) is 6.87. The molecule has 8 nitrogen and oxygen atoms in total. The van der Waals surface area contributed by atoms with E-state index in [0.717, 1.165) is 18.2 Å². The van der Waals surface area contributed by atoms with Gasteiger partial charge >= 0.3 is 12.2 Å². The topological polar surface area (TPSA) is 120 Å². The maximum absolute atomic E-state index is 13.1. The lowest BCUT2D eigenvalue weighted by atomic mass is 9.95. The van der Waals surface area contributed by atoms with Crippen LogP contribution < -0.4 is 5.43 Å². The molecule has 1 atom stereocenters. The van der Waals surface area contributed by atoms with Gasteiger partial charge in [-0.1, -0.05) is 28.9 Å². The minimum Gasteiger partial charge on any atom is -0.286 e. The molecule has 1 aliphatic heterocycles. The molecule has 0 bridgehead atoms. The second kappa shape index (κ2) is 7.93. The summed E-state index contributed by atoms with van der Waals surface area (Å²) in [6.45, 7) is 1.37. The number of hydrogen-bond donors (Lipinski definition) is 1. The van der Waals surface area contributed by atoms with Crippen LogP contribution in [-0.2, 0) is 14.6 Å². The third-order valence-electron chi connectivity index (χ3n) is 4.39. The first kappa shape index (κ1) is 22.7. The maximum atomic E-state index is 13.1. The Morgan fingerprint density at radius 3 is 2.58 bits per heavy atom. The van der Waals surface area contributed by atoms with Crippen molar-refractivity contribution in [3.8, 4) is 6.07 Å². The van der Waals surface area contributed by atoms with Crippen LogP contribution in [0.5, 0.6) is 0 Å². The van der Waals surface area contributed by atoms with Gasteiger partial charge in [-0.05, 0) is 24.3 Å². The molecule has 1 heterocycles. The van der Waals surface area contributed by atoms with Gasteiger partial charge in [0.1, 0.15) is 0 Å². The summed E-state index contributed by atoms with van der Waals surface area (Å²) in [5.41, 5.74) is 0.276. The van der Waals surface area contributed by atoms with Gasteiger partial charge in [0.15, 0.2) is 9.84 Å². The fourth-order valence-corrected chi connectivity index (χ4v) is 4.49. The van der Waals surface area contributed by atoms with Gasteiger partial charge in [-0.3, -0.25) is 10.2 Å². The Morgan fingerprint density at radius 2 is 2.00 bits per heavy atom. The Labute approximate surface area is 182 Å². The second-order valence-electron chi connectivity index (χ2n) is 6.34. The highest BCUT2D eigenvalue weighted by Crippen LogP contribution is 2.35. The summed E-state index contributed by atoms with van der Waals surface area (Å²) in [6.07, 6.45) is -3.40. The average Bonchev–Trinajstić information content (AvgIpc) is 2.70. The van der Waals surface area contributed by atoms with Crippen LogP contribution in [0.1, 0.15) is 12.5 Å². The van der Waals surface area contributed by atoms with Gasteiger partial charge in [-0.2, -0.15) is 28.4 Å². The number of carbonyl (C=O) groups is 2. The molecular formula is C18H12BrF3N4O4S. The predicted molar refractivity (Wildman–Crippen MR) is 107 cm³/mol. The van der Waals surface area contributed by atoms with E-state index in [1.807, 2.05) is 0 Å². The van der Waals surface area contributed by atoms with E-state index in [-0.39, 0.29) is 27.6 Å². The molecule has 1 aromatic rings. The van der Waals surface area contributed by atoms with E-state index in [1.54, 1.807) is 6.07 Å². The number of imide groups is 1. The van der Waals surface area contributed by atoms with Crippen molar-refractivity contribution < 1.29 is 31.2 Å². The maximum Gasteiger partial charge on any atom is 0.416 e. The van der Waals surface area contributed by atoms with Crippen LogP contribution in [-0.4, -0.2) is 47.8 Å². The van der Waals surface area contributed by atoms with Crippen molar-refractivity contribution in [2.45, 2.75) is 22.8 Å². The van der Waals surface area contributed by atoms with Gasteiger partial charge in [-0.15, -0.1) is 0 Å². The zero-order chi connectivity index (χ0) is 23.1. The number of hydrazine groups is 1. The first-order chi connectivity index (χ1) is 14.4. The molecule has 0 saturated carbocycles. The van der Waals surface area contributed by atoms with E-state index < -0.39 is 43.9 Å². The summed E-state index contributed by atoms with van der Waals surface area (Å²) in [5, 5.41) is 9.39. The lowest BCUT2D eigenvalue weighted by Gasteiger charge is -2.30. The molecule has 0 spiro atoms. The van der Waals surface area contributed by atoms with Crippen molar-refractivity contribution >= 4 is 49.1 Å². The summed E-state index contributed by atoms with van der Waals surface area (Å²) in [6, 6.07) is 4.11. The molecule has 31 heavy (non-hydrogen) atoms. The standard InChI is InChI=1S/C18H12BrF3N4O4S/c1-2-31(29,30)14-4-3-9(8-23)5-13(14)25-26-16(27)11-6-10(18(20,21)22)7-12(19)15(11)24-17(26)28/h3-7,12,25H,2H2,1H3. The van der Waals surface area contributed by atoms with Gasteiger partial charge in [0.25, 0.3) is 5.91 Å². The molecule has 1 aliphatic carbocycles. The fraction of sp³-hybridized carbons (Fsp3) is 0.222. The molecule has 1 aromatic carbocycles. The highest BCUT2D eigenvalue weighted by atomic mass is 79.9. The molecule has 0 radical (unpaired) electrons. The molecule has 1 unspecified atom stereocenters. The number of hydrogen-bond acceptors (Lipinski definition) is 6. The minimum absolute atomic E-state index is 0.0262. The number of nitriles is 1. The first-order valence-electron chi connectivity index (χ1n) is 8.54. The van der Waals surface area contributed by atoms with E-state index in [4.69, 9.17) is 5.26 Å². The number of alkyl halides is 4. The Balaban J connectivity index is 2.08. The smallest absolute Gasteiger partial charge is 0.286 e. The van der Waals surface area contributed by atoms with Gasteiger partial charge in [-0.25, -0.2) is 13.2 Å². The van der Waals surface area contributed by atoms with E-state index >= 15 is 0 Å². The first-order valence-corrected chi connectivity index (χ1v) is 11.1. The number of halogens is 4. The van der Waals surface area contributed by atoms with Gasteiger partial charge < -0.3 is 0 Å². The number of allylic oxidation sites excluding steroid dienone is 3. The van der Waals surface area contributed by atoms with Crippen LogP contribution in [0.3, 0.4) is 0 Å². The quantitative estimate of drug-likeness (QED) is 0.613. The SMILES string of the molecule is CCS(=O)(=O)c1ccc(C#N)cc1NN1C(=O)N=C2C(=CC(C(F)(F)F)=CC2Br)C1=O. The third kappa shape index (κ3) is 4.26. The number of carbonyl (C=O) groups excluding carboxylic acids is 2. The van der Waals surface area contributed by atoms with Crippen LogP contribution in [0.25, 0.3) is 0 Å². The van der Waals surface area contributed by atoms with Gasteiger partial charge in [0.05, 0.1) is 49.7 Å². The lowest BCUT2D eigenvalue weighted by molar-refractivity contribution is -0.123. The number of fused-ring (bicyclic) bond motifs is 1. The number of benzene rings is 1. The Kier molecular flexibility index (Phi) is 5.81. The number of aliphatic imine (C=N–C) groups is 1. The monoisotopic (exact) mass is 516 g/mol. The number of urea groups is 1. The summed E-state index contributed by atoms with van der Waals surface area (Å²) in [7, 11) is -3.84. The molecule has 0 aromatic heterocycles. The molecule has 2 aliphatic rings. The van der Waals surface area contributed by atoms with Crippen molar-refractivity contribution in [2.75, 3.05) is 11.2 Å². The number of sulfone groups is 1. The molecule has 162 valence electrons. The minimum atomic E-state index is -4.74. The van der Waals surface area contributed by atoms with E-state index in [0.29, 0.717) is 11.1 Å². The normalized spacial score (nSPS) is 19.2. The van der Waals surface area contributed by atoms with Gasteiger partial charge in [0.2, 0.25) is 0 Å². The second-order valence-corrected chi connectivity index (χ2v) is 9.57. The van der Waals surface area contributed by atoms with Crippen LogP contribution >= 0.6 is 15.9 Å². The zero-order valence-corrected chi connectivity index (χ0v) is 18.0. The predicted octanol–water partition coefficient (Wildman–Crippen LogP) is 3.27. The van der Waals surface area contributed by atoms with E-state index in [1.165, 1.54) is 13.0 Å².